The molecule has 3 heterocycles. The first-order valence-electron chi connectivity index (χ1n) is 11.9. The smallest absolute Gasteiger partial charge is 0.293 e. The van der Waals surface area contributed by atoms with E-state index in [4.69, 9.17) is 0 Å². The molecule has 0 radical (unpaired) electrons. The van der Waals surface area contributed by atoms with Crippen molar-refractivity contribution < 1.29 is 18.8 Å². The second-order valence-corrected chi connectivity index (χ2v) is 11.1. The summed E-state index contributed by atoms with van der Waals surface area (Å²) in [4.78, 5) is 42.1. The summed E-state index contributed by atoms with van der Waals surface area (Å²) in [7, 11) is 0. The van der Waals surface area contributed by atoms with E-state index in [0.29, 0.717) is 0 Å². The summed E-state index contributed by atoms with van der Waals surface area (Å²) in [6.45, 7) is 2.94. The van der Waals surface area contributed by atoms with Gasteiger partial charge in [-0.2, -0.15) is 0 Å². The van der Waals surface area contributed by atoms with Crippen LogP contribution in [-0.2, 0) is 22.7 Å². The van der Waals surface area contributed by atoms with Gasteiger partial charge in [0.2, 0.25) is 5.91 Å². The van der Waals surface area contributed by atoms with Crippen LogP contribution in [0.1, 0.15) is 37.3 Å². The van der Waals surface area contributed by atoms with Gasteiger partial charge in [0.25, 0.3) is 11.1 Å². The zero-order valence-corrected chi connectivity index (χ0v) is 22.1. The summed E-state index contributed by atoms with van der Waals surface area (Å²) in [5, 5.41) is 0.429. The van der Waals surface area contributed by atoms with Crippen LogP contribution >= 0.6 is 27.7 Å². The van der Waals surface area contributed by atoms with E-state index >= 15 is 0 Å². The Labute approximate surface area is 221 Å². The van der Waals surface area contributed by atoms with Crippen LogP contribution in [-0.4, -0.2) is 44.0 Å². The van der Waals surface area contributed by atoms with Crippen LogP contribution in [0.2, 0.25) is 0 Å². The van der Waals surface area contributed by atoms with Crippen molar-refractivity contribution in [1.82, 2.24) is 14.4 Å². The van der Waals surface area contributed by atoms with Gasteiger partial charge < -0.3 is 9.47 Å². The lowest BCUT2D eigenvalue weighted by Gasteiger charge is -2.33. The molecule has 6 nitrogen and oxygen atoms in total. The van der Waals surface area contributed by atoms with E-state index in [1.165, 1.54) is 6.07 Å². The summed E-state index contributed by atoms with van der Waals surface area (Å²) in [5.41, 5.74) is 1.89. The lowest BCUT2D eigenvalue weighted by atomic mass is 10.0. The van der Waals surface area contributed by atoms with E-state index < -0.39 is 17.0 Å². The number of hydrogen-bond donors (Lipinski definition) is 0. The first kappa shape index (κ1) is 24.8. The van der Waals surface area contributed by atoms with Crippen molar-refractivity contribution in [3.8, 4) is 0 Å². The normalized spacial score (nSPS) is 19.6. The third-order valence-corrected chi connectivity index (χ3v) is 8.15. The average Bonchev–Trinajstić information content (AvgIpc) is 3.31. The summed E-state index contributed by atoms with van der Waals surface area (Å²) in [6, 6.07) is 12.1. The molecule has 0 bridgehead atoms. The molecule has 0 unspecified atom stereocenters. The Bertz CT molecular complexity index is 1400. The van der Waals surface area contributed by atoms with Crippen LogP contribution in [0.25, 0.3) is 17.0 Å². The van der Waals surface area contributed by atoms with Crippen molar-refractivity contribution in [1.29, 1.82) is 0 Å². The van der Waals surface area contributed by atoms with E-state index in [2.05, 4.69) is 22.9 Å². The van der Waals surface area contributed by atoms with Crippen LogP contribution in [0.15, 0.2) is 58.0 Å². The van der Waals surface area contributed by atoms with Gasteiger partial charge in [0.1, 0.15) is 12.4 Å². The number of fused-ring (bicyclic) bond motifs is 1. The molecular formula is C27H25BrFN3O3S. The van der Waals surface area contributed by atoms with Crippen molar-refractivity contribution in [3.63, 3.8) is 0 Å². The number of thioether (sulfide) groups is 1. The molecule has 3 aromatic rings. The number of piperidine rings is 1. The third kappa shape index (κ3) is 4.86. The van der Waals surface area contributed by atoms with E-state index in [9.17, 15) is 18.8 Å². The lowest BCUT2D eigenvalue weighted by molar-refractivity contribution is -0.135. The molecule has 1 aromatic heterocycles. The highest BCUT2D eigenvalue weighted by molar-refractivity contribution is 9.10. The second-order valence-electron chi connectivity index (χ2n) is 9.17. The second kappa shape index (κ2) is 10.2. The van der Waals surface area contributed by atoms with Crippen molar-refractivity contribution in [2.45, 2.75) is 45.3 Å². The van der Waals surface area contributed by atoms with Crippen molar-refractivity contribution in [3.05, 3.63) is 75.0 Å². The van der Waals surface area contributed by atoms with E-state index in [0.717, 1.165) is 63.4 Å². The number of carbonyl (C=O) groups excluding carboxylic acids is 3. The van der Waals surface area contributed by atoms with Crippen LogP contribution in [0.5, 0.6) is 0 Å². The van der Waals surface area contributed by atoms with E-state index in [1.807, 2.05) is 33.9 Å². The number of likely N-dealkylation sites (tertiary alicyclic amines) is 1. The number of aromatic nitrogens is 1. The predicted octanol–water partition coefficient (Wildman–Crippen LogP) is 6.18. The Morgan fingerprint density at radius 3 is 2.78 bits per heavy atom. The topological polar surface area (TPSA) is 62.6 Å². The van der Waals surface area contributed by atoms with Gasteiger partial charge in [-0.05, 0) is 68.3 Å². The average molecular weight is 570 g/mol. The van der Waals surface area contributed by atoms with Gasteiger partial charge >= 0.3 is 0 Å². The van der Waals surface area contributed by atoms with Crippen LogP contribution in [0.3, 0.4) is 0 Å². The van der Waals surface area contributed by atoms with Crippen LogP contribution < -0.4 is 0 Å². The number of halogens is 2. The summed E-state index contributed by atoms with van der Waals surface area (Å²) in [5.74, 6) is -0.845. The summed E-state index contributed by atoms with van der Waals surface area (Å²) < 4.78 is 16.9. The van der Waals surface area contributed by atoms with Gasteiger partial charge in [-0.25, -0.2) is 4.39 Å². The van der Waals surface area contributed by atoms with Crippen LogP contribution in [0.4, 0.5) is 9.18 Å². The predicted molar refractivity (Wildman–Crippen MR) is 143 cm³/mol. The zero-order valence-electron chi connectivity index (χ0n) is 19.7. The number of imide groups is 1. The fourth-order valence-electron chi connectivity index (χ4n) is 4.82. The SMILES string of the molecule is C[C@@H]1CCCCN1C(=O)Cn1cc(/C=C2\SC(=O)N(Cc3ccccc3F)C2=O)c2cc(Br)ccc21. The van der Waals surface area contributed by atoms with Crippen molar-refractivity contribution in [2.75, 3.05) is 6.54 Å². The highest BCUT2D eigenvalue weighted by Gasteiger charge is 2.35. The van der Waals surface area contributed by atoms with Gasteiger partial charge in [0, 0.05) is 45.3 Å². The highest BCUT2D eigenvalue weighted by atomic mass is 79.9. The zero-order chi connectivity index (χ0) is 25.4. The highest BCUT2D eigenvalue weighted by Crippen LogP contribution is 2.36. The molecule has 0 aliphatic carbocycles. The molecule has 36 heavy (non-hydrogen) atoms. The fraction of sp³-hybridized carbons (Fsp3) is 0.296. The molecular weight excluding hydrogens is 545 g/mol. The Morgan fingerprint density at radius 2 is 2.00 bits per heavy atom. The molecule has 1 atom stereocenters. The minimum Gasteiger partial charge on any atom is -0.338 e. The minimum absolute atomic E-state index is 0.0683. The monoisotopic (exact) mass is 569 g/mol. The number of hydrogen-bond acceptors (Lipinski definition) is 4. The Balaban J connectivity index is 1.44. The maximum Gasteiger partial charge on any atom is 0.293 e. The van der Waals surface area contributed by atoms with Crippen molar-refractivity contribution >= 4 is 61.7 Å². The summed E-state index contributed by atoms with van der Waals surface area (Å²) >= 11 is 4.35. The van der Waals surface area contributed by atoms with Gasteiger partial charge in [-0.1, -0.05) is 34.1 Å². The Morgan fingerprint density at radius 1 is 1.19 bits per heavy atom. The lowest BCUT2D eigenvalue weighted by Crippen LogP contribution is -2.43. The molecule has 0 saturated carbocycles. The summed E-state index contributed by atoms with van der Waals surface area (Å²) in [6.07, 6.45) is 6.71. The molecule has 186 valence electrons. The number of amides is 3. The maximum atomic E-state index is 14.1. The number of carbonyl (C=O) groups is 3. The molecule has 3 amide bonds. The number of rotatable bonds is 5. The van der Waals surface area contributed by atoms with Gasteiger partial charge in [-0.3, -0.25) is 19.3 Å². The first-order valence-corrected chi connectivity index (χ1v) is 13.5. The first-order chi connectivity index (χ1) is 17.3. The Hall–Kier alpha value is -2.91. The van der Waals surface area contributed by atoms with Crippen molar-refractivity contribution in [2.24, 2.45) is 0 Å². The van der Waals surface area contributed by atoms with E-state index in [-0.39, 0.29) is 35.5 Å². The Kier molecular flexibility index (Phi) is 7.03. The molecule has 0 N–H and O–H groups in total. The van der Waals surface area contributed by atoms with Gasteiger partial charge in [0.05, 0.1) is 11.4 Å². The third-order valence-electron chi connectivity index (χ3n) is 6.75. The molecule has 5 rings (SSSR count). The largest absolute Gasteiger partial charge is 0.338 e. The minimum atomic E-state index is -0.457. The molecule has 0 spiro atoms. The van der Waals surface area contributed by atoms with Gasteiger partial charge in [0.15, 0.2) is 0 Å². The van der Waals surface area contributed by atoms with Gasteiger partial charge in [-0.15, -0.1) is 0 Å². The molecule has 2 aliphatic heterocycles. The fourth-order valence-corrected chi connectivity index (χ4v) is 6.01. The number of benzene rings is 2. The molecule has 2 aliphatic rings. The quantitative estimate of drug-likeness (QED) is 0.344. The molecule has 9 heteroatoms. The number of nitrogens with zero attached hydrogens (tertiary/aromatic N) is 3. The molecule has 2 aromatic carbocycles. The standard InChI is InChI=1S/C27H25BrFN3O3S/c1-17-6-4-5-11-31(17)25(33)16-30-14-19(21-13-20(28)9-10-23(21)30)12-24-26(34)32(27(35)36-24)15-18-7-2-3-8-22(18)29/h2-3,7-10,12-14,17H,4-6,11,15-16H2,1H3/b24-12-/t17-/m1/s1. The van der Waals surface area contributed by atoms with Crippen LogP contribution in [0, 0.1) is 5.82 Å². The van der Waals surface area contributed by atoms with E-state index in [1.54, 1.807) is 24.3 Å². The molecule has 2 saturated heterocycles. The molecule has 2 fully saturated rings. The maximum absolute atomic E-state index is 14.1.